The average molecular weight is 368 g/mol. The van der Waals surface area contributed by atoms with E-state index >= 15 is 0 Å². The minimum Gasteiger partial charge on any atom is -0.454 e. The number of rotatable bonds is 5. The summed E-state index contributed by atoms with van der Waals surface area (Å²) < 4.78 is 15.7. The number of hydrogen-bond acceptors (Lipinski definition) is 8. The summed E-state index contributed by atoms with van der Waals surface area (Å²) in [5.74, 6) is 1.29. The number of nitro benzene ring substituents is 1. The number of fused-ring (bicyclic) bond motifs is 1. The van der Waals surface area contributed by atoms with Crippen LogP contribution in [0.4, 0.5) is 5.69 Å². The molecule has 136 valence electrons. The lowest BCUT2D eigenvalue weighted by atomic mass is 10.2. The molecule has 27 heavy (non-hydrogen) atoms. The Labute approximate surface area is 151 Å². The zero-order chi connectivity index (χ0) is 18.8. The van der Waals surface area contributed by atoms with Crippen molar-refractivity contribution in [3.8, 4) is 22.9 Å². The molecule has 0 atom stereocenters. The van der Waals surface area contributed by atoms with Crippen LogP contribution in [-0.4, -0.2) is 27.8 Å². The van der Waals surface area contributed by atoms with Gasteiger partial charge in [-0.25, -0.2) is 0 Å². The van der Waals surface area contributed by atoms with Crippen LogP contribution in [-0.2, 0) is 6.54 Å². The predicted octanol–water partition coefficient (Wildman–Crippen LogP) is 2.30. The van der Waals surface area contributed by atoms with Gasteiger partial charge in [-0.05, 0) is 24.3 Å². The van der Waals surface area contributed by atoms with Crippen molar-refractivity contribution in [2.24, 2.45) is 0 Å². The molecule has 1 aliphatic rings. The molecule has 0 spiro atoms. The van der Waals surface area contributed by atoms with E-state index in [9.17, 15) is 14.9 Å². The molecule has 0 aliphatic carbocycles. The number of ether oxygens (including phenoxy) is 2. The fourth-order valence-electron chi connectivity index (χ4n) is 2.50. The largest absolute Gasteiger partial charge is 0.454 e. The standard InChI is InChI=1S/C17H12N4O6/c22-17(11-2-1-3-12(6-11)21(23)24)18-8-15-19-16(20-27-15)10-4-5-13-14(7-10)26-9-25-13/h1-7H,8-9H2,(H,18,22). The molecule has 3 aromatic rings. The van der Waals surface area contributed by atoms with Crippen LogP contribution in [0.15, 0.2) is 47.0 Å². The Morgan fingerprint density at radius 1 is 1.19 bits per heavy atom. The van der Waals surface area contributed by atoms with Crippen molar-refractivity contribution in [1.29, 1.82) is 0 Å². The third kappa shape index (κ3) is 3.40. The van der Waals surface area contributed by atoms with Crippen LogP contribution in [0.1, 0.15) is 16.2 Å². The highest BCUT2D eigenvalue weighted by Crippen LogP contribution is 2.35. The van der Waals surface area contributed by atoms with E-state index in [2.05, 4.69) is 15.5 Å². The second-order valence-corrected chi connectivity index (χ2v) is 5.57. The number of hydrogen-bond donors (Lipinski definition) is 1. The number of nitro groups is 1. The first-order chi connectivity index (χ1) is 13.1. The maximum absolute atomic E-state index is 12.1. The van der Waals surface area contributed by atoms with E-state index in [0.29, 0.717) is 22.9 Å². The number of carbonyl (C=O) groups is 1. The van der Waals surface area contributed by atoms with Crippen molar-refractivity contribution < 1.29 is 23.7 Å². The van der Waals surface area contributed by atoms with Crippen LogP contribution >= 0.6 is 0 Å². The number of aromatic nitrogens is 2. The summed E-state index contributed by atoms with van der Waals surface area (Å²) in [6.07, 6.45) is 0. The lowest BCUT2D eigenvalue weighted by molar-refractivity contribution is -0.384. The number of amides is 1. The van der Waals surface area contributed by atoms with Crippen molar-refractivity contribution in [1.82, 2.24) is 15.5 Å². The van der Waals surface area contributed by atoms with E-state index < -0.39 is 10.8 Å². The van der Waals surface area contributed by atoms with Crippen LogP contribution in [0.2, 0.25) is 0 Å². The zero-order valence-corrected chi connectivity index (χ0v) is 13.7. The third-order valence-corrected chi connectivity index (χ3v) is 3.82. The van der Waals surface area contributed by atoms with Gasteiger partial charge in [-0.3, -0.25) is 14.9 Å². The molecule has 4 rings (SSSR count). The van der Waals surface area contributed by atoms with Gasteiger partial charge in [0, 0.05) is 23.3 Å². The minimum absolute atomic E-state index is 0.0148. The molecule has 10 heteroatoms. The molecule has 1 N–H and O–H groups in total. The Balaban J connectivity index is 1.43. The molecule has 0 radical (unpaired) electrons. The number of benzene rings is 2. The van der Waals surface area contributed by atoms with Gasteiger partial charge in [0.15, 0.2) is 11.5 Å². The number of carbonyl (C=O) groups excluding carboxylic acids is 1. The first-order valence-electron chi connectivity index (χ1n) is 7.85. The third-order valence-electron chi connectivity index (χ3n) is 3.82. The molecule has 0 unspecified atom stereocenters. The van der Waals surface area contributed by atoms with E-state index in [1.165, 1.54) is 24.3 Å². The van der Waals surface area contributed by atoms with Gasteiger partial charge in [0.05, 0.1) is 11.5 Å². The van der Waals surface area contributed by atoms with E-state index in [-0.39, 0.29) is 30.5 Å². The molecule has 0 saturated carbocycles. The van der Waals surface area contributed by atoms with Gasteiger partial charge in [-0.2, -0.15) is 4.98 Å². The van der Waals surface area contributed by atoms with Gasteiger partial charge in [0.25, 0.3) is 11.6 Å². The predicted molar refractivity (Wildman–Crippen MR) is 90.1 cm³/mol. The first kappa shape index (κ1) is 16.5. The lowest BCUT2D eigenvalue weighted by Gasteiger charge is -2.02. The molecule has 0 bridgehead atoms. The van der Waals surface area contributed by atoms with Crippen LogP contribution in [0.5, 0.6) is 11.5 Å². The van der Waals surface area contributed by atoms with Gasteiger partial charge < -0.3 is 19.3 Å². The highest BCUT2D eigenvalue weighted by Gasteiger charge is 2.17. The van der Waals surface area contributed by atoms with Gasteiger partial charge in [0.1, 0.15) is 0 Å². The highest BCUT2D eigenvalue weighted by atomic mass is 16.7. The van der Waals surface area contributed by atoms with Crippen molar-refractivity contribution in [2.45, 2.75) is 6.54 Å². The number of non-ortho nitro benzene ring substituents is 1. The Hall–Kier alpha value is -3.95. The van der Waals surface area contributed by atoms with E-state index in [0.717, 1.165) is 0 Å². The van der Waals surface area contributed by atoms with Gasteiger partial charge in [0.2, 0.25) is 18.5 Å². The highest BCUT2D eigenvalue weighted by molar-refractivity contribution is 5.94. The summed E-state index contributed by atoms with van der Waals surface area (Å²) in [5.41, 5.74) is 0.685. The van der Waals surface area contributed by atoms with Crippen molar-refractivity contribution in [3.63, 3.8) is 0 Å². The fourth-order valence-corrected chi connectivity index (χ4v) is 2.50. The monoisotopic (exact) mass is 368 g/mol. The molecule has 2 aromatic carbocycles. The Bertz CT molecular complexity index is 1030. The second kappa shape index (κ2) is 6.75. The summed E-state index contributed by atoms with van der Waals surface area (Å²) in [6, 6.07) is 10.7. The van der Waals surface area contributed by atoms with E-state index in [4.69, 9.17) is 14.0 Å². The summed E-state index contributed by atoms with van der Waals surface area (Å²) in [7, 11) is 0. The maximum atomic E-state index is 12.1. The SMILES string of the molecule is O=C(NCc1nc(-c2ccc3c(c2)OCO3)no1)c1cccc([N+](=O)[O-])c1. The van der Waals surface area contributed by atoms with Gasteiger partial charge in [-0.15, -0.1) is 0 Å². The van der Waals surface area contributed by atoms with Crippen LogP contribution < -0.4 is 14.8 Å². The summed E-state index contributed by atoms with van der Waals surface area (Å²) in [4.78, 5) is 26.6. The molecule has 1 amide bonds. The molecule has 1 aromatic heterocycles. The number of nitrogens with zero attached hydrogens (tertiary/aromatic N) is 3. The summed E-state index contributed by atoms with van der Waals surface area (Å²) in [5, 5.41) is 17.2. The van der Waals surface area contributed by atoms with Crippen molar-refractivity contribution >= 4 is 11.6 Å². The van der Waals surface area contributed by atoms with Gasteiger partial charge >= 0.3 is 0 Å². The molecule has 2 heterocycles. The topological polar surface area (TPSA) is 130 Å². The molecular weight excluding hydrogens is 356 g/mol. The summed E-state index contributed by atoms with van der Waals surface area (Å²) in [6.45, 7) is 0.152. The van der Waals surface area contributed by atoms with E-state index in [1.54, 1.807) is 18.2 Å². The zero-order valence-electron chi connectivity index (χ0n) is 13.7. The number of nitrogens with one attached hydrogen (secondary N) is 1. The normalized spacial score (nSPS) is 12.0. The molecule has 10 nitrogen and oxygen atoms in total. The van der Waals surface area contributed by atoms with E-state index in [1.807, 2.05) is 0 Å². The molecule has 0 saturated heterocycles. The smallest absolute Gasteiger partial charge is 0.270 e. The van der Waals surface area contributed by atoms with Crippen LogP contribution in [0, 0.1) is 10.1 Å². The Morgan fingerprint density at radius 2 is 2.04 bits per heavy atom. The first-order valence-corrected chi connectivity index (χ1v) is 7.85. The Morgan fingerprint density at radius 3 is 2.89 bits per heavy atom. The fraction of sp³-hybridized carbons (Fsp3) is 0.118. The maximum Gasteiger partial charge on any atom is 0.270 e. The van der Waals surface area contributed by atoms with Crippen LogP contribution in [0.3, 0.4) is 0 Å². The second-order valence-electron chi connectivity index (χ2n) is 5.57. The molecule has 1 aliphatic heterocycles. The lowest BCUT2D eigenvalue weighted by Crippen LogP contribution is -2.23. The van der Waals surface area contributed by atoms with Gasteiger partial charge in [-0.1, -0.05) is 11.2 Å². The molecular formula is C17H12N4O6. The average Bonchev–Trinajstić information content (AvgIpc) is 3.34. The Kier molecular flexibility index (Phi) is 4.13. The van der Waals surface area contributed by atoms with Crippen LogP contribution in [0.25, 0.3) is 11.4 Å². The summed E-state index contributed by atoms with van der Waals surface area (Å²) >= 11 is 0. The van der Waals surface area contributed by atoms with Crippen molar-refractivity contribution in [3.05, 3.63) is 64.0 Å². The van der Waals surface area contributed by atoms with Crippen molar-refractivity contribution in [2.75, 3.05) is 6.79 Å². The quantitative estimate of drug-likeness (QED) is 0.536. The minimum atomic E-state index is -0.563. The molecule has 0 fully saturated rings.